The number of rotatable bonds is 2. The van der Waals surface area contributed by atoms with Gasteiger partial charge < -0.3 is 4.57 Å². The van der Waals surface area contributed by atoms with Crippen LogP contribution in [0.1, 0.15) is 12.0 Å². The van der Waals surface area contributed by atoms with E-state index in [1.165, 1.54) is 49.4 Å². The van der Waals surface area contributed by atoms with Gasteiger partial charge in [0.05, 0.1) is 11.0 Å². The molecule has 0 spiro atoms. The Kier molecular flexibility index (Phi) is 3.92. The number of aromatic nitrogens is 1. The summed E-state index contributed by atoms with van der Waals surface area (Å²) >= 11 is 0. The highest BCUT2D eigenvalue weighted by atomic mass is 15.1. The summed E-state index contributed by atoms with van der Waals surface area (Å²) in [7, 11) is 0. The molecule has 0 saturated heterocycles. The summed E-state index contributed by atoms with van der Waals surface area (Å²) in [5.74, 6) is 0. The van der Waals surface area contributed by atoms with Gasteiger partial charge in [-0.15, -0.1) is 0 Å². The summed E-state index contributed by atoms with van der Waals surface area (Å²) in [5.41, 5.74) is 6.25. The van der Waals surface area contributed by atoms with E-state index < -0.39 is 0 Å². The zero-order valence-electron chi connectivity index (χ0n) is 16.6. The van der Waals surface area contributed by atoms with Crippen LogP contribution in [0.5, 0.6) is 0 Å². The Labute approximate surface area is 175 Å². The van der Waals surface area contributed by atoms with Crippen molar-refractivity contribution in [3.05, 3.63) is 119 Å². The van der Waals surface area contributed by atoms with Crippen molar-refractivity contribution in [1.82, 2.24) is 4.57 Å². The molecule has 30 heavy (non-hydrogen) atoms. The molecule has 0 radical (unpaired) electrons. The monoisotopic (exact) mass is 384 g/mol. The maximum atomic E-state index is 2.45. The fourth-order valence-electron chi connectivity index (χ4n) is 4.55. The van der Waals surface area contributed by atoms with Crippen LogP contribution in [-0.4, -0.2) is 4.57 Å². The normalized spacial score (nSPS) is 14.3. The van der Waals surface area contributed by atoms with Crippen molar-refractivity contribution in [2.24, 2.45) is 0 Å². The first-order valence-corrected chi connectivity index (χ1v) is 10.4. The molecule has 1 heterocycles. The second-order valence-electron chi connectivity index (χ2n) is 7.80. The number of hydrogen-bond donors (Lipinski definition) is 0. The van der Waals surface area contributed by atoms with E-state index in [1.54, 1.807) is 0 Å². The molecule has 0 bridgehead atoms. The smallest absolute Gasteiger partial charge is 0.0546 e. The van der Waals surface area contributed by atoms with Crippen LogP contribution in [0.15, 0.2) is 103 Å². The molecule has 1 heteroatoms. The van der Waals surface area contributed by atoms with Crippen LogP contribution in [0.3, 0.4) is 0 Å². The quantitative estimate of drug-likeness (QED) is 0.413. The van der Waals surface area contributed by atoms with Crippen LogP contribution < -0.4 is 10.7 Å². The highest BCUT2D eigenvalue weighted by Gasteiger charge is 2.14. The van der Waals surface area contributed by atoms with Crippen molar-refractivity contribution in [1.29, 1.82) is 0 Å². The number of allylic oxidation sites excluding steroid dienone is 5. The zero-order chi connectivity index (χ0) is 19.9. The molecule has 0 unspecified atom stereocenters. The van der Waals surface area contributed by atoms with E-state index in [-0.39, 0.29) is 0 Å². The van der Waals surface area contributed by atoms with Crippen molar-refractivity contribution in [2.75, 3.05) is 0 Å². The van der Waals surface area contributed by atoms with Crippen molar-refractivity contribution in [3.63, 3.8) is 0 Å². The second-order valence-corrected chi connectivity index (χ2v) is 7.80. The maximum Gasteiger partial charge on any atom is 0.0546 e. The fourth-order valence-corrected chi connectivity index (χ4v) is 4.55. The number of hydrogen-bond acceptors (Lipinski definition) is 0. The van der Waals surface area contributed by atoms with E-state index in [1.807, 2.05) is 0 Å². The highest BCUT2D eigenvalue weighted by Crippen LogP contribution is 2.29. The van der Waals surface area contributed by atoms with Gasteiger partial charge in [-0.25, -0.2) is 0 Å². The lowest BCUT2D eigenvalue weighted by atomic mass is 9.99. The molecule has 6 rings (SSSR count). The Morgan fingerprint density at radius 1 is 0.700 bits per heavy atom. The third kappa shape index (κ3) is 2.71. The Morgan fingerprint density at radius 2 is 1.50 bits per heavy atom. The van der Waals surface area contributed by atoms with Crippen molar-refractivity contribution in [3.8, 4) is 16.8 Å². The number of benzene rings is 3. The first-order chi connectivity index (χ1) is 14.9. The largest absolute Gasteiger partial charge is 0.309 e. The summed E-state index contributed by atoms with van der Waals surface area (Å²) < 4.78 is 2.45. The van der Waals surface area contributed by atoms with Gasteiger partial charge in [-0.3, -0.25) is 0 Å². The van der Waals surface area contributed by atoms with Gasteiger partial charge in [0.25, 0.3) is 0 Å². The van der Waals surface area contributed by atoms with E-state index >= 15 is 0 Å². The molecule has 0 amide bonds. The zero-order valence-corrected chi connectivity index (χ0v) is 16.6. The summed E-state index contributed by atoms with van der Waals surface area (Å²) in [6, 6.07) is 26.3. The Hall–Kier alpha value is -3.84. The molecule has 142 valence electrons. The third-order valence-electron chi connectivity index (χ3n) is 5.96. The Bertz CT molecular complexity index is 1480. The summed E-state index contributed by atoms with van der Waals surface area (Å²) in [5, 5.41) is 5.05. The van der Waals surface area contributed by atoms with Gasteiger partial charge in [-0.1, -0.05) is 97.1 Å². The summed E-state index contributed by atoms with van der Waals surface area (Å²) in [6.07, 6.45) is 16.4. The topological polar surface area (TPSA) is 4.93 Å². The van der Waals surface area contributed by atoms with Gasteiger partial charge in [0.15, 0.2) is 0 Å². The lowest BCUT2D eigenvalue weighted by molar-refractivity contribution is 0.995. The lowest BCUT2D eigenvalue weighted by Gasteiger charge is -2.14. The van der Waals surface area contributed by atoms with E-state index in [9.17, 15) is 0 Å². The van der Waals surface area contributed by atoms with Gasteiger partial charge in [0.2, 0.25) is 0 Å². The van der Waals surface area contributed by atoms with Gasteiger partial charge in [-0.05, 0) is 52.3 Å². The minimum Gasteiger partial charge on any atom is -0.309 e. The molecule has 0 saturated carbocycles. The van der Waals surface area contributed by atoms with Gasteiger partial charge in [0.1, 0.15) is 0 Å². The molecule has 1 nitrogen and oxygen atoms in total. The van der Waals surface area contributed by atoms with Gasteiger partial charge in [0, 0.05) is 10.7 Å². The molecule has 0 atom stereocenters. The SMILES string of the molecule is C1=CC(=[13c]2cc3c(n2-c2cc(-c4ccccc4)cc4ccccc24)=CCC=C3)C=C1. The number of fused-ring (bicyclic) bond motifs is 2. The average Bonchev–Trinajstić information content (AvgIpc) is 3.47. The van der Waals surface area contributed by atoms with Crippen LogP contribution in [0.25, 0.3) is 45.3 Å². The van der Waals surface area contributed by atoms with E-state index in [4.69, 9.17) is 0 Å². The van der Waals surface area contributed by atoms with Gasteiger partial charge in [-0.2, -0.15) is 0 Å². The van der Waals surface area contributed by atoms with Gasteiger partial charge >= 0.3 is 0 Å². The maximum absolute atomic E-state index is 2.45. The fraction of sp³-hybridized carbons (Fsp3) is 0.0345. The van der Waals surface area contributed by atoms with Crippen LogP contribution in [-0.2, 0) is 0 Å². The molecule has 2 aliphatic rings. The summed E-state index contributed by atoms with van der Waals surface area (Å²) in [4.78, 5) is 0. The first-order valence-electron chi connectivity index (χ1n) is 10.4. The predicted molar refractivity (Wildman–Crippen MR) is 128 cm³/mol. The van der Waals surface area contributed by atoms with Crippen LogP contribution in [0.2, 0.25) is 0 Å². The minimum absolute atomic E-state index is 0.966. The average molecular weight is 384 g/mol. The molecule has 4 aromatic rings. The number of nitrogens with zero attached hydrogens (tertiary/aromatic N) is 1. The van der Waals surface area contributed by atoms with E-state index in [0.29, 0.717) is 0 Å². The molecular formula is C29H21N. The van der Waals surface area contributed by atoms with Crippen LogP contribution >= 0.6 is 0 Å². The Balaban J connectivity index is 1.76. The molecule has 3 aromatic carbocycles. The van der Waals surface area contributed by atoms with Crippen LogP contribution in [0.4, 0.5) is 0 Å². The van der Waals surface area contributed by atoms with Crippen molar-refractivity contribution in [2.45, 2.75) is 6.42 Å². The molecule has 1 aromatic heterocycles. The van der Waals surface area contributed by atoms with E-state index in [2.05, 4.69) is 120 Å². The third-order valence-corrected chi connectivity index (χ3v) is 5.96. The second kappa shape index (κ2) is 6.89. The standard InChI is InChI=1S/C29H21N/c1-2-10-21(11-3-1)25-18-23-14-6-8-16-26(23)29(20-25)30-27-17-9-7-15-24(27)19-28(30)22-12-4-5-13-22/h1-8,10-20H,9H2/i28+1. The Morgan fingerprint density at radius 3 is 2.37 bits per heavy atom. The van der Waals surface area contributed by atoms with Crippen molar-refractivity contribution >= 4 is 28.5 Å². The highest BCUT2D eigenvalue weighted by molar-refractivity contribution is 5.95. The molecule has 0 N–H and O–H groups in total. The van der Waals surface area contributed by atoms with E-state index in [0.717, 1.165) is 6.42 Å². The molecule has 2 aliphatic carbocycles. The minimum atomic E-state index is 0.966. The van der Waals surface area contributed by atoms with Crippen molar-refractivity contribution < 1.29 is 0 Å². The predicted octanol–water partition coefficient (Wildman–Crippen LogP) is 5.77. The molecule has 0 aliphatic heterocycles. The molecule has 0 fully saturated rings. The summed E-state index contributed by atoms with van der Waals surface area (Å²) in [6.45, 7) is 0. The lowest BCUT2D eigenvalue weighted by Crippen LogP contribution is -2.27. The first kappa shape index (κ1) is 17.1. The molecular weight excluding hydrogens is 363 g/mol. The van der Waals surface area contributed by atoms with Crippen LogP contribution in [0, 0.1) is 0 Å².